The molecule has 2 rings (SSSR count). The number of halogens is 2. The molecule has 1 aromatic rings. The Labute approximate surface area is 142 Å². The smallest absolute Gasteiger partial charge is 0.251 e. The largest absolute Gasteiger partial charge is 0.372 e. The zero-order chi connectivity index (χ0) is 14.7. The van der Waals surface area contributed by atoms with Gasteiger partial charge in [-0.25, -0.2) is 0 Å². The van der Waals surface area contributed by atoms with Gasteiger partial charge in [0.05, 0.1) is 11.4 Å². The maximum absolute atomic E-state index is 12.1. The van der Waals surface area contributed by atoms with E-state index in [1.165, 1.54) is 0 Å². The number of benzene rings is 1. The summed E-state index contributed by atoms with van der Waals surface area (Å²) >= 11 is 0. The monoisotopic (exact) mass is 348 g/mol. The molecule has 0 saturated carbocycles. The zero-order valence-corrected chi connectivity index (χ0v) is 14.2. The molecule has 1 heterocycles. The molecule has 2 amide bonds. The van der Waals surface area contributed by atoms with E-state index in [1.54, 1.807) is 12.1 Å². The molecule has 8 heteroatoms. The van der Waals surface area contributed by atoms with Gasteiger partial charge >= 0.3 is 0 Å². The van der Waals surface area contributed by atoms with Gasteiger partial charge < -0.3 is 21.3 Å². The summed E-state index contributed by atoms with van der Waals surface area (Å²) in [6.45, 7) is 2.89. The van der Waals surface area contributed by atoms with Crippen molar-refractivity contribution in [1.29, 1.82) is 0 Å². The van der Waals surface area contributed by atoms with Gasteiger partial charge in [-0.3, -0.25) is 9.59 Å². The molecule has 0 bridgehead atoms. The molecule has 0 radical (unpaired) electrons. The molecule has 1 aliphatic rings. The molecule has 4 N–H and O–H groups in total. The van der Waals surface area contributed by atoms with E-state index in [2.05, 4.69) is 10.6 Å². The predicted octanol–water partition coefficient (Wildman–Crippen LogP) is 1.39. The molecular formula is C14H22Cl2N4O2. The lowest BCUT2D eigenvalue weighted by Crippen LogP contribution is -2.37. The van der Waals surface area contributed by atoms with Crippen LogP contribution in [0.3, 0.4) is 0 Å². The normalized spacial score (nSPS) is 14.5. The Morgan fingerprint density at radius 3 is 2.77 bits per heavy atom. The Bertz CT molecular complexity index is 540. The van der Waals surface area contributed by atoms with Crippen LogP contribution >= 0.6 is 24.8 Å². The number of anilines is 2. The van der Waals surface area contributed by atoms with Gasteiger partial charge in [0, 0.05) is 38.2 Å². The van der Waals surface area contributed by atoms with Crippen molar-refractivity contribution >= 4 is 48.0 Å². The molecule has 0 saturated heterocycles. The van der Waals surface area contributed by atoms with Crippen LogP contribution in [0, 0.1) is 0 Å². The number of nitrogens with two attached hydrogens (primary N) is 1. The van der Waals surface area contributed by atoms with Crippen molar-refractivity contribution in [2.45, 2.75) is 19.4 Å². The van der Waals surface area contributed by atoms with Gasteiger partial charge in [-0.1, -0.05) is 0 Å². The number of rotatable bonds is 3. The number of hydrogen-bond donors (Lipinski definition) is 3. The molecule has 1 aliphatic heterocycles. The number of nitrogens with one attached hydrogen (secondary N) is 2. The van der Waals surface area contributed by atoms with Crippen LogP contribution in [0.2, 0.25) is 0 Å². The maximum Gasteiger partial charge on any atom is 0.251 e. The lowest BCUT2D eigenvalue weighted by atomic mass is 10.1. The van der Waals surface area contributed by atoms with E-state index in [0.29, 0.717) is 30.8 Å². The number of nitrogens with zero attached hydrogens (tertiary/aromatic N) is 1. The highest BCUT2D eigenvalue weighted by Crippen LogP contribution is 2.28. The Balaban J connectivity index is 0.00000220. The fourth-order valence-electron chi connectivity index (χ4n) is 2.08. The van der Waals surface area contributed by atoms with Crippen molar-refractivity contribution in [3.63, 3.8) is 0 Å². The first kappa shape index (κ1) is 20.5. The van der Waals surface area contributed by atoms with E-state index in [9.17, 15) is 9.59 Å². The number of carbonyl (C=O) groups is 2. The first-order valence-corrected chi connectivity index (χ1v) is 6.67. The number of amides is 2. The summed E-state index contributed by atoms with van der Waals surface area (Å²) in [6, 6.07) is 5.22. The summed E-state index contributed by atoms with van der Waals surface area (Å²) in [5.41, 5.74) is 7.59. The van der Waals surface area contributed by atoms with Gasteiger partial charge in [-0.2, -0.15) is 0 Å². The molecular weight excluding hydrogens is 327 g/mol. The minimum atomic E-state index is -0.188. The lowest BCUT2D eigenvalue weighted by molar-refractivity contribution is -0.115. The average Bonchev–Trinajstić information content (AvgIpc) is 2.57. The lowest BCUT2D eigenvalue weighted by Gasteiger charge is -2.19. The molecule has 6 nitrogen and oxygen atoms in total. The van der Waals surface area contributed by atoms with Crippen molar-refractivity contribution in [1.82, 2.24) is 5.32 Å². The fourth-order valence-corrected chi connectivity index (χ4v) is 2.08. The van der Waals surface area contributed by atoms with Crippen LogP contribution in [0.4, 0.5) is 11.4 Å². The molecule has 124 valence electrons. The third-order valence-corrected chi connectivity index (χ3v) is 3.35. The van der Waals surface area contributed by atoms with Crippen molar-refractivity contribution < 1.29 is 9.59 Å². The summed E-state index contributed by atoms with van der Waals surface area (Å²) in [5.74, 6) is -0.226. The van der Waals surface area contributed by atoms with Gasteiger partial charge in [0.15, 0.2) is 0 Å². The van der Waals surface area contributed by atoms with E-state index in [1.807, 2.05) is 24.9 Å². The molecule has 22 heavy (non-hydrogen) atoms. The number of fused-ring (bicyclic) bond motifs is 1. The van der Waals surface area contributed by atoms with Crippen molar-refractivity contribution in [2.75, 3.05) is 30.4 Å². The van der Waals surface area contributed by atoms with Crippen LogP contribution in [0.1, 0.15) is 23.7 Å². The Morgan fingerprint density at radius 2 is 2.14 bits per heavy atom. The van der Waals surface area contributed by atoms with Gasteiger partial charge in [-0.15, -0.1) is 24.8 Å². The van der Waals surface area contributed by atoms with Crippen LogP contribution in [0.25, 0.3) is 0 Å². The fraction of sp³-hybridized carbons (Fsp3) is 0.429. The SMILES string of the molecule is C[C@@H](CN)NC(=O)c1ccc2c(c1)NC(=O)CCN2C.Cl.Cl. The van der Waals surface area contributed by atoms with E-state index in [0.717, 1.165) is 5.69 Å². The molecule has 1 aromatic carbocycles. The van der Waals surface area contributed by atoms with Crippen molar-refractivity contribution in [2.24, 2.45) is 5.73 Å². The standard InChI is InChI=1S/C14H20N4O2.2ClH/c1-9(8-15)16-14(20)10-3-4-12-11(7-10)17-13(19)5-6-18(12)2;;/h3-4,7,9H,5-6,8,15H2,1-2H3,(H,16,20)(H,17,19);2*1H/t9-;;/m0../s1. The third-order valence-electron chi connectivity index (χ3n) is 3.35. The van der Waals surface area contributed by atoms with E-state index in [-0.39, 0.29) is 42.7 Å². The average molecular weight is 349 g/mol. The first-order valence-electron chi connectivity index (χ1n) is 6.67. The second kappa shape index (κ2) is 8.82. The second-order valence-electron chi connectivity index (χ2n) is 5.06. The first-order chi connectivity index (χ1) is 9.51. The van der Waals surface area contributed by atoms with E-state index in [4.69, 9.17) is 5.73 Å². The van der Waals surface area contributed by atoms with Crippen molar-refractivity contribution in [3.8, 4) is 0 Å². The highest BCUT2D eigenvalue weighted by atomic mass is 35.5. The highest BCUT2D eigenvalue weighted by Gasteiger charge is 2.18. The number of hydrogen-bond acceptors (Lipinski definition) is 4. The molecule has 0 spiro atoms. The number of carbonyl (C=O) groups excluding carboxylic acids is 2. The summed E-state index contributed by atoms with van der Waals surface area (Å²) in [6.07, 6.45) is 0.441. The van der Waals surface area contributed by atoms with Gasteiger partial charge in [0.1, 0.15) is 0 Å². The summed E-state index contributed by atoms with van der Waals surface area (Å²) < 4.78 is 0. The van der Waals surface area contributed by atoms with Crippen LogP contribution < -0.4 is 21.3 Å². The molecule has 0 aromatic heterocycles. The van der Waals surface area contributed by atoms with Crippen LogP contribution in [0.5, 0.6) is 0 Å². The zero-order valence-electron chi connectivity index (χ0n) is 12.6. The topological polar surface area (TPSA) is 87.5 Å². The van der Waals surface area contributed by atoms with Crippen LogP contribution in [0.15, 0.2) is 18.2 Å². The van der Waals surface area contributed by atoms with Crippen LogP contribution in [-0.4, -0.2) is 38.0 Å². The van der Waals surface area contributed by atoms with E-state index < -0.39 is 0 Å². The molecule has 0 unspecified atom stereocenters. The molecule has 0 fully saturated rings. The molecule has 1 atom stereocenters. The van der Waals surface area contributed by atoms with Gasteiger partial charge in [0.2, 0.25) is 5.91 Å². The third kappa shape index (κ3) is 4.76. The van der Waals surface area contributed by atoms with Gasteiger partial charge in [-0.05, 0) is 25.1 Å². The van der Waals surface area contributed by atoms with Crippen molar-refractivity contribution in [3.05, 3.63) is 23.8 Å². The maximum atomic E-state index is 12.1. The van der Waals surface area contributed by atoms with E-state index >= 15 is 0 Å². The minimum absolute atomic E-state index is 0. The Hall–Kier alpha value is -1.50. The summed E-state index contributed by atoms with van der Waals surface area (Å²) in [4.78, 5) is 25.7. The summed E-state index contributed by atoms with van der Waals surface area (Å²) in [7, 11) is 1.93. The quantitative estimate of drug-likeness (QED) is 0.770. The van der Waals surface area contributed by atoms with Gasteiger partial charge in [0.25, 0.3) is 5.91 Å². The Kier molecular flexibility index (Phi) is 8.22. The minimum Gasteiger partial charge on any atom is -0.372 e. The second-order valence-corrected chi connectivity index (χ2v) is 5.06. The summed E-state index contributed by atoms with van der Waals surface area (Å²) in [5, 5.41) is 5.63. The molecule has 0 aliphatic carbocycles. The Morgan fingerprint density at radius 1 is 1.45 bits per heavy atom. The van der Waals surface area contributed by atoms with Crippen LogP contribution in [-0.2, 0) is 4.79 Å². The highest BCUT2D eigenvalue weighted by molar-refractivity contribution is 6.01. The predicted molar refractivity (Wildman–Crippen MR) is 93.4 cm³/mol.